The molecule has 0 saturated heterocycles. The van der Waals surface area contributed by atoms with Crippen LogP contribution in [0.1, 0.15) is 31.6 Å². The summed E-state index contributed by atoms with van der Waals surface area (Å²) in [6.45, 7) is 6.57. The number of nitrogens with zero attached hydrogens (tertiary/aromatic N) is 1. The third-order valence-corrected chi connectivity index (χ3v) is 3.18. The summed E-state index contributed by atoms with van der Waals surface area (Å²) in [5, 5.41) is 6.42. The zero-order valence-electron chi connectivity index (χ0n) is 13.8. The van der Waals surface area contributed by atoms with Gasteiger partial charge in [0.15, 0.2) is 5.82 Å². The number of nitrogens with one attached hydrogen (secondary N) is 1. The zero-order valence-corrected chi connectivity index (χ0v) is 13.8. The maximum Gasteiger partial charge on any atom is 0.225 e. The van der Waals surface area contributed by atoms with E-state index >= 15 is 0 Å². The molecule has 0 spiro atoms. The molecule has 124 valence electrons. The van der Waals surface area contributed by atoms with E-state index in [-0.39, 0.29) is 5.91 Å². The summed E-state index contributed by atoms with van der Waals surface area (Å²) in [4.78, 5) is 11.9. The summed E-state index contributed by atoms with van der Waals surface area (Å²) in [6, 6.07) is 7.31. The Balaban J connectivity index is 1.85. The first-order valence-corrected chi connectivity index (χ1v) is 7.68. The predicted octanol–water partition coefficient (Wildman–Crippen LogP) is 3.17. The van der Waals surface area contributed by atoms with Crippen LogP contribution in [-0.4, -0.2) is 17.7 Å². The quantitative estimate of drug-likeness (QED) is 0.765. The Morgan fingerprint density at radius 2 is 2.17 bits per heavy atom. The number of aromatic nitrogens is 1. The Labute approximate surface area is 136 Å². The van der Waals surface area contributed by atoms with E-state index in [1.54, 1.807) is 13.0 Å². The van der Waals surface area contributed by atoms with Crippen LogP contribution >= 0.6 is 0 Å². The number of hydrogen-bond acceptors (Lipinski definition) is 5. The van der Waals surface area contributed by atoms with E-state index in [0.29, 0.717) is 48.4 Å². The van der Waals surface area contributed by atoms with Gasteiger partial charge in [-0.3, -0.25) is 4.79 Å². The van der Waals surface area contributed by atoms with Crippen molar-refractivity contribution in [3.63, 3.8) is 0 Å². The number of carbonyl (C=O) groups is 1. The maximum absolute atomic E-state index is 11.9. The van der Waals surface area contributed by atoms with Crippen LogP contribution in [0.4, 0.5) is 11.5 Å². The van der Waals surface area contributed by atoms with Gasteiger partial charge in [-0.05, 0) is 37.0 Å². The lowest BCUT2D eigenvalue weighted by Gasteiger charge is -2.12. The molecule has 23 heavy (non-hydrogen) atoms. The fourth-order valence-corrected chi connectivity index (χ4v) is 2.03. The maximum atomic E-state index is 11.9. The molecule has 0 radical (unpaired) electrons. The Bertz CT molecular complexity index is 665. The number of nitrogen functional groups attached to an aromatic ring is 1. The largest absolute Gasteiger partial charge is 0.491 e. The monoisotopic (exact) mass is 317 g/mol. The van der Waals surface area contributed by atoms with Crippen molar-refractivity contribution in [2.45, 2.75) is 33.6 Å². The number of ether oxygens (including phenoxy) is 1. The molecule has 0 saturated carbocycles. The van der Waals surface area contributed by atoms with E-state index < -0.39 is 0 Å². The van der Waals surface area contributed by atoms with Crippen LogP contribution in [0, 0.1) is 12.8 Å². The van der Waals surface area contributed by atoms with Crippen LogP contribution < -0.4 is 15.8 Å². The highest BCUT2D eigenvalue weighted by Gasteiger charge is 2.08. The molecule has 0 aliphatic rings. The molecule has 0 aliphatic heterocycles. The van der Waals surface area contributed by atoms with Gasteiger partial charge < -0.3 is 20.3 Å². The second kappa shape index (κ2) is 7.67. The molecule has 1 heterocycles. The second-order valence-corrected chi connectivity index (χ2v) is 5.95. The SMILES string of the molecule is Cc1cc(NC(=O)CCc2ccc(OCC(C)C)c(N)c2)no1. The van der Waals surface area contributed by atoms with E-state index in [2.05, 4.69) is 24.3 Å². The van der Waals surface area contributed by atoms with E-state index in [9.17, 15) is 4.79 Å². The molecular weight excluding hydrogens is 294 g/mol. The van der Waals surface area contributed by atoms with Gasteiger partial charge in [-0.15, -0.1) is 0 Å². The third-order valence-electron chi connectivity index (χ3n) is 3.18. The van der Waals surface area contributed by atoms with Crippen molar-refractivity contribution in [2.24, 2.45) is 5.92 Å². The molecular formula is C17H23N3O3. The highest BCUT2D eigenvalue weighted by Crippen LogP contribution is 2.23. The number of benzene rings is 1. The molecule has 1 aromatic heterocycles. The Morgan fingerprint density at radius 3 is 2.78 bits per heavy atom. The van der Waals surface area contributed by atoms with Gasteiger partial charge in [-0.1, -0.05) is 25.1 Å². The number of hydrogen-bond donors (Lipinski definition) is 2. The van der Waals surface area contributed by atoms with Crippen molar-refractivity contribution in [1.82, 2.24) is 5.16 Å². The zero-order chi connectivity index (χ0) is 16.8. The lowest BCUT2D eigenvalue weighted by molar-refractivity contribution is -0.116. The van der Waals surface area contributed by atoms with Gasteiger partial charge in [0, 0.05) is 12.5 Å². The number of nitrogens with two attached hydrogens (primary N) is 1. The summed E-state index contributed by atoms with van der Waals surface area (Å²) < 4.78 is 10.5. The van der Waals surface area contributed by atoms with Gasteiger partial charge in [0.05, 0.1) is 12.3 Å². The first-order valence-electron chi connectivity index (χ1n) is 7.68. The predicted molar refractivity (Wildman–Crippen MR) is 89.4 cm³/mol. The van der Waals surface area contributed by atoms with Crippen molar-refractivity contribution in [3.05, 3.63) is 35.6 Å². The van der Waals surface area contributed by atoms with Gasteiger partial charge in [-0.2, -0.15) is 0 Å². The molecule has 2 aromatic rings. The van der Waals surface area contributed by atoms with E-state index in [1.165, 1.54) is 0 Å². The average Bonchev–Trinajstić information content (AvgIpc) is 2.89. The Kier molecular flexibility index (Phi) is 5.62. The molecule has 6 nitrogen and oxygen atoms in total. The molecule has 0 atom stereocenters. The minimum absolute atomic E-state index is 0.114. The molecule has 1 aromatic carbocycles. The van der Waals surface area contributed by atoms with Crippen LogP contribution in [0.3, 0.4) is 0 Å². The summed E-state index contributed by atoms with van der Waals surface area (Å²) in [5.74, 6) is 2.11. The highest BCUT2D eigenvalue weighted by molar-refractivity contribution is 5.89. The van der Waals surface area contributed by atoms with E-state index in [0.717, 1.165) is 5.56 Å². The standard InChI is InChI=1S/C17H23N3O3/c1-11(2)10-22-15-6-4-13(9-14(15)18)5-7-17(21)19-16-8-12(3)23-20-16/h4,6,8-9,11H,5,7,10,18H2,1-3H3,(H,19,20,21). The van der Waals surface area contributed by atoms with Crippen LogP contribution in [0.5, 0.6) is 5.75 Å². The summed E-state index contributed by atoms with van der Waals surface area (Å²) in [5.41, 5.74) is 7.58. The molecule has 0 aliphatic carbocycles. The Morgan fingerprint density at radius 1 is 1.39 bits per heavy atom. The van der Waals surface area contributed by atoms with Gasteiger partial charge in [0.25, 0.3) is 0 Å². The van der Waals surface area contributed by atoms with Crippen molar-refractivity contribution in [1.29, 1.82) is 0 Å². The summed E-state index contributed by atoms with van der Waals surface area (Å²) >= 11 is 0. The van der Waals surface area contributed by atoms with Crippen LogP contribution in [-0.2, 0) is 11.2 Å². The average molecular weight is 317 g/mol. The normalized spacial score (nSPS) is 10.8. The minimum Gasteiger partial charge on any atom is -0.491 e. The lowest BCUT2D eigenvalue weighted by Crippen LogP contribution is -2.12. The summed E-state index contributed by atoms with van der Waals surface area (Å²) in [6.07, 6.45) is 0.939. The van der Waals surface area contributed by atoms with Crippen LogP contribution in [0.25, 0.3) is 0 Å². The number of carbonyl (C=O) groups excluding carboxylic acids is 1. The second-order valence-electron chi connectivity index (χ2n) is 5.95. The van der Waals surface area contributed by atoms with Crippen LogP contribution in [0.2, 0.25) is 0 Å². The molecule has 6 heteroatoms. The van der Waals surface area contributed by atoms with Crippen molar-refractivity contribution in [2.75, 3.05) is 17.7 Å². The number of aryl methyl sites for hydroxylation is 2. The summed E-state index contributed by atoms with van der Waals surface area (Å²) in [7, 11) is 0. The minimum atomic E-state index is -0.114. The number of anilines is 2. The molecule has 3 N–H and O–H groups in total. The van der Waals surface area contributed by atoms with E-state index in [1.807, 2.05) is 18.2 Å². The van der Waals surface area contributed by atoms with Gasteiger partial charge in [0.2, 0.25) is 5.91 Å². The molecule has 0 fully saturated rings. The number of rotatable bonds is 7. The first kappa shape index (κ1) is 16.9. The van der Waals surface area contributed by atoms with Crippen molar-refractivity contribution < 1.29 is 14.1 Å². The molecule has 0 unspecified atom stereocenters. The molecule has 0 bridgehead atoms. The molecule has 1 amide bonds. The van der Waals surface area contributed by atoms with Crippen LogP contribution in [0.15, 0.2) is 28.8 Å². The topological polar surface area (TPSA) is 90.4 Å². The molecule has 2 rings (SSSR count). The van der Waals surface area contributed by atoms with Gasteiger partial charge in [-0.25, -0.2) is 0 Å². The Hall–Kier alpha value is -2.50. The fraction of sp³-hybridized carbons (Fsp3) is 0.412. The van der Waals surface area contributed by atoms with Gasteiger partial charge >= 0.3 is 0 Å². The van der Waals surface area contributed by atoms with Crippen molar-refractivity contribution >= 4 is 17.4 Å². The van der Waals surface area contributed by atoms with Crippen molar-refractivity contribution in [3.8, 4) is 5.75 Å². The smallest absolute Gasteiger partial charge is 0.225 e. The highest BCUT2D eigenvalue weighted by atomic mass is 16.5. The number of amides is 1. The third kappa shape index (κ3) is 5.32. The fourth-order valence-electron chi connectivity index (χ4n) is 2.03. The van der Waals surface area contributed by atoms with E-state index in [4.69, 9.17) is 15.0 Å². The first-order chi connectivity index (χ1) is 10.9. The lowest BCUT2D eigenvalue weighted by atomic mass is 10.1. The van der Waals surface area contributed by atoms with Gasteiger partial charge in [0.1, 0.15) is 11.5 Å².